The van der Waals surface area contributed by atoms with Crippen molar-refractivity contribution in [3.8, 4) is 39.3 Å². The molecule has 1 aromatic heterocycles. The quantitative estimate of drug-likeness (QED) is 0.177. The highest BCUT2D eigenvalue weighted by atomic mass is 15.1. The number of rotatable bonds is 4. The lowest BCUT2D eigenvalue weighted by Crippen LogP contribution is -1.98. The number of hydrogen-bond acceptors (Lipinski definition) is 1. The van der Waals surface area contributed by atoms with Gasteiger partial charge < -0.3 is 0 Å². The molecular weight excluding hydrogens is 593 g/mol. The zero-order valence-corrected chi connectivity index (χ0v) is 26.2. The van der Waals surface area contributed by atoms with Gasteiger partial charge in [0, 0.05) is 10.9 Å². The summed E-state index contributed by atoms with van der Waals surface area (Å²) in [5.74, 6) is 0.822. The molecule has 0 aliphatic carbocycles. The maximum absolute atomic E-state index is 9.22. The summed E-state index contributed by atoms with van der Waals surface area (Å²) in [7, 11) is 0. The summed E-state index contributed by atoms with van der Waals surface area (Å²) in [4.78, 5) is 5.15. The first-order valence-corrected chi connectivity index (χ1v) is 16.2. The van der Waals surface area contributed by atoms with Gasteiger partial charge in [-0.15, -0.1) is 0 Å². The molecule has 49 heavy (non-hydrogen) atoms. The van der Waals surface area contributed by atoms with E-state index in [4.69, 9.17) is 13.2 Å². The second-order valence-electron chi connectivity index (χ2n) is 12.2. The van der Waals surface area contributed by atoms with Crippen LogP contribution in [0, 0.1) is 0 Å². The van der Waals surface area contributed by atoms with E-state index in [9.17, 15) is 1.37 Å². The molecule has 0 radical (unpaired) electrons. The first-order chi connectivity index (χ1) is 27.2. The van der Waals surface area contributed by atoms with Gasteiger partial charge in [0.2, 0.25) is 0 Å². The van der Waals surface area contributed by atoms with E-state index in [1.165, 1.54) is 0 Å². The van der Waals surface area contributed by atoms with Gasteiger partial charge in [-0.2, -0.15) is 0 Å². The summed E-state index contributed by atoms with van der Waals surface area (Å²) in [6.45, 7) is 0. The first kappa shape index (κ1) is 21.4. The second-order valence-corrected chi connectivity index (χ2v) is 12.2. The Balaban J connectivity index is 1.23. The van der Waals surface area contributed by atoms with E-state index in [-0.39, 0.29) is 46.5 Å². The number of benzene rings is 9. The van der Waals surface area contributed by atoms with E-state index >= 15 is 0 Å². The SMILES string of the molecule is [2H]c1c([2H])c([2H])c2c(-c3c4ccccc4c(-c4ccc(-c5nc6ccccc6n5-c5cccc6ccccc56)cc4)c4ccccc34)c([2H])c([2H])c([2H])c2c1[2H]. The lowest BCUT2D eigenvalue weighted by molar-refractivity contribution is 1.11. The maximum Gasteiger partial charge on any atom is 0.145 e. The molecule has 0 spiro atoms. The second kappa shape index (κ2) is 11.0. The van der Waals surface area contributed by atoms with Gasteiger partial charge in [0.25, 0.3) is 0 Å². The molecule has 2 heteroatoms. The Kier molecular flexibility index (Phi) is 4.82. The van der Waals surface area contributed by atoms with Crippen LogP contribution in [-0.2, 0) is 0 Å². The van der Waals surface area contributed by atoms with E-state index in [2.05, 4.69) is 71.3 Å². The number of imidazole rings is 1. The van der Waals surface area contributed by atoms with Crippen LogP contribution in [0.2, 0.25) is 0 Å². The largest absolute Gasteiger partial charge is 0.292 e. The van der Waals surface area contributed by atoms with Gasteiger partial charge in [-0.05, 0) is 78.2 Å². The van der Waals surface area contributed by atoms with Crippen molar-refractivity contribution in [2.75, 3.05) is 0 Å². The normalized spacial score (nSPS) is 13.7. The predicted octanol–water partition coefficient (Wildman–Crippen LogP) is 12.6. The fourth-order valence-corrected chi connectivity index (χ4v) is 7.36. The van der Waals surface area contributed by atoms with E-state index in [1.807, 2.05) is 72.8 Å². The van der Waals surface area contributed by atoms with Crippen molar-refractivity contribution in [2.24, 2.45) is 0 Å². The molecular formula is C47H30N2. The minimum absolute atomic E-state index is 0.0608. The van der Waals surface area contributed by atoms with Crippen molar-refractivity contribution in [3.63, 3.8) is 0 Å². The number of para-hydroxylation sites is 2. The molecule has 228 valence electrons. The molecule has 0 unspecified atom stereocenters. The van der Waals surface area contributed by atoms with Crippen LogP contribution in [0.15, 0.2) is 182 Å². The number of nitrogens with zero attached hydrogens (tertiary/aromatic N) is 2. The number of hydrogen-bond donors (Lipinski definition) is 0. The summed E-state index contributed by atoms with van der Waals surface area (Å²) in [6, 6.07) is 44.3. The van der Waals surface area contributed by atoms with Crippen molar-refractivity contribution in [1.82, 2.24) is 9.55 Å². The van der Waals surface area contributed by atoms with Gasteiger partial charge in [-0.1, -0.05) is 164 Å². The average Bonchev–Trinajstić information content (AvgIpc) is 3.63. The van der Waals surface area contributed by atoms with E-state index in [0.29, 0.717) is 5.56 Å². The summed E-state index contributed by atoms with van der Waals surface area (Å²) in [6.07, 6.45) is 0. The van der Waals surface area contributed by atoms with Crippen LogP contribution in [0.1, 0.15) is 9.60 Å². The fourth-order valence-electron chi connectivity index (χ4n) is 7.36. The van der Waals surface area contributed by atoms with E-state index in [1.54, 1.807) is 0 Å². The molecule has 1 heterocycles. The molecule has 9 aromatic carbocycles. The molecule has 0 fully saturated rings. The van der Waals surface area contributed by atoms with Crippen LogP contribution in [0.25, 0.3) is 93.5 Å². The molecule has 0 saturated carbocycles. The smallest absolute Gasteiger partial charge is 0.145 e. The summed E-state index contributed by atoms with van der Waals surface area (Å²) in [5, 5.41) is 5.58. The molecule has 0 amide bonds. The van der Waals surface area contributed by atoms with Gasteiger partial charge in [0.1, 0.15) is 5.82 Å². The molecule has 10 aromatic rings. The Morgan fingerprint density at radius 1 is 0.429 bits per heavy atom. The van der Waals surface area contributed by atoms with Crippen LogP contribution >= 0.6 is 0 Å². The highest BCUT2D eigenvalue weighted by molar-refractivity contribution is 6.23. The highest BCUT2D eigenvalue weighted by Crippen LogP contribution is 2.45. The monoisotopic (exact) mass is 629 g/mol. The van der Waals surface area contributed by atoms with Crippen LogP contribution in [0.5, 0.6) is 0 Å². The van der Waals surface area contributed by atoms with Gasteiger partial charge in [-0.3, -0.25) is 4.57 Å². The minimum Gasteiger partial charge on any atom is -0.292 e. The zero-order valence-electron chi connectivity index (χ0n) is 33.2. The molecule has 0 bridgehead atoms. The Labute approximate surface area is 294 Å². The van der Waals surface area contributed by atoms with Crippen molar-refractivity contribution in [1.29, 1.82) is 0 Å². The van der Waals surface area contributed by atoms with Crippen molar-refractivity contribution >= 4 is 54.1 Å². The van der Waals surface area contributed by atoms with E-state index in [0.717, 1.165) is 71.6 Å². The molecule has 0 N–H and O–H groups in total. The Hall–Kier alpha value is -6.51. The maximum atomic E-state index is 9.22. The molecule has 2 nitrogen and oxygen atoms in total. The highest BCUT2D eigenvalue weighted by Gasteiger charge is 2.19. The number of fused-ring (bicyclic) bond motifs is 5. The zero-order chi connectivity index (χ0) is 38.4. The van der Waals surface area contributed by atoms with Crippen LogP contribution in [-0.4, -0.2) is 9.55 Å². The Morgan fingerprint density at radius 2 is 1.02 bits per heavy atom. The van der Waals surface area contributed by atoms with Gasteiger partial charge >= 0.3 is 0 Å². The Morgan fingerprint density at radius 3 is 1.80 bits per heavy atom. The third-order valence-corrected chi connectivity index (χ3v) is 9.49. The predicted molar refractivity (Wildman–Crippen MR) is 207 cm³/mol. The lowest BCUT2D eigenvalue weighted by atomic mass is 9.84. The van der Waals surface area contributed by atoms with Gasteiger partial charge in [0.05, 0.1) is 26.3 Å². The summed E-state index contributed by atoms with van der Waals surface area (Å²) >= 11 is 0. The van der Waals surface area contributed by atoms with Crippen molar-refractivity contribution in [2.45, 2.75) is 0 Å². The topological polar surface area (TPSA) is 17.8 Å². The van der Waals surface area contributed by atoms with Crippen LogP contribution < -0.4 is 0 Å². The summed E-state index contributed by atoms with van der Waals surface area (Å²) in [5.41, 5.74) is 6.63. The first-order valence-electron chi connectivity index (χ1n) is 19.7. The van der Waals surface area contributed by atoms with Crippen molar-refractivity contribution in [3.05, 3.63) is 182 Å². The summed E-state index contributed by atoms with van der Waals surface area (Å²) < 4.78 is 63.5. The minimum atomic E-state index is -0.472. The van der Waals surface area contributed by atoms with Gasteiger partial charge in [0.15, 0.2) is 0 Å². The standard InChI is InChI=1S/C47H30N2/c1-3-17-35-31(13-1)15-11-23-37(35)46-40-21-7-5-19-38(40)45(39-20-6-8-22-41(39)46)33-27-29-34(30-28-33)47-48-42-24-9-10-25-44(42)49(47)43-26-12-16-32-14-2-4-18-36(32)43/h1-30H/i1D,3D,11D,13D,15D,17D,23D. The molecule has 0 aliphatic rings. The third-order valence-electron chi connectivity index (χ3n) is 9.49. The molecule has 10 rings (SSSR count). The van der Waals surface area contributed by atoms with Gasteiger partial charge in [-0.25, -0.2) is 4.98 Å². The molecule has 0 aliphatic heterocycles. The molecule has 0 atom stereocenters. The third kappa shape index (κ3) is 4.31. The molecule has 0 saturated heterocycles. The fraction of sp³-hybridized carbons (Fsp3) is 0. The van der Waals surface area contributed by atoms with Crippen LogP contribution in [0.4, 0.5) is 0 Å². The van der Waals surface area contributed by atoms with Crippen molar-refractivity contribution < 1.29 is 9.60 Å². The number of aromatic nitrogens is 2. The van der Waals surface area contributed by atoms with E-state index < -0.39 is 12.1 Å². The Bertz CT molecular complexity index is 3210. The van der Waals surface area contributed by atoms with Crippen LogP contribution in [0.3, 0.4) is 0 Å². The lowest BCUT2D eigenvalue weighted by Gasteiger charge is -2.19. The average molecular weight is 630 g/mol.